The van der Waals surface area contributed by atoms with E-state index >= 15 is 0 Å². The van der Waals surface area contributed by atoms with Gasteiger partial charge in [-0.3, -0.25) is 0 Å². The monoisotopic (exact) mass is 587 g/mol. The molecule has 6 aromatic carbocycles. The van der Waals surface area contributed by atoms with Gasteiger partial charge in [-0.15, -0.1) is 0 Å². The van der Waals surface area contributed by atoms with Crippen molar-refractivity contribution in [3.05, 3.63) is 137 Å². The van der Waals surface area contributed by atoms with Gasteiger partial charge >= 0.3 is 0 Å². The number of fused-ring (bicyclic) bond motifs is 4. The van der Waals surface area contributed by atoms with Crippen LogP contribution in [-0.4, -0.2) is 15.0 Å². The van der Waals surface area contributed by atoms with Crippen molar-refractivity contribution >= 4 is 44.3 Å². The fourth-order valence-corrected chi connectivity index (χ4v) is 6.07. The molecule has 0 aliphatic carbocycles. The summed E-state index contributed by atoms with van der Waals surface area (Å²) in [6.07, 6.45) is 0. The summed E-state index contributed by atoms with van der Waals surface area (Å²) < 4.78 is 6.09. The van der Waals surface area contributed by atoms with Crippen LogP contribution in [0.25, 0.3) is 78.0 Å². The zero-order chi connectivity index (χ0) is 29.8. The van der Waals surface area contributed by atoms with Gasteiger partial charge in [0.1, 0.15) is 11.2 Å². The van der Waals surface area contributed by atoms with Crippen LogP contribution >= 0.6 is 11.6 Å². The summed E-state index contributed by atoms with van der Waals surface area (Å²) in [7, 11) is 0. The van der Waals surface area contributed by atoms with E-state index in [1.165, 1.54) is 27.6 Å². The van der Waals surface area contributed by atoms with Crippen LogP contribution in [0, 0.1) is 13.8 Å². The number of benzene rings is 6. The molecule has 2 heterocycles. The molecule has 0 bridgehead atoms. The molecule has 5 heteroatoms. The lowest BCUT2D eigenvalue weighted by Crippen LogP contribution is -2.00. The number of furan rings is 1. The molecule has 210 valence electrons. The van der Waals surface area contributed by atoms with Gasteiger partial charge in [0.15, 0.2) is 17.5 Å². The molecule has 0 amide bonds. The molecule has 2 aromatic heterocycles. The molecule has 8 aromatic rings. The van der Waals surface area contributed by atoms with E-state index in [4.69, 9.17) is 31.0 Å². The molecular formula is C39H26ClN3O. The smallest absolute Gasteiger partial charge is 0.164 e. The molecule has 0 aliphatic rings. The quantitative estimate of drug-likeness (QED) is 0.205. The van der Waals surface area contributed by atoms with E-state index in [2.05, 4.69) is 92.7 Å². The van der Waals surface area contributed by atoms with Crippen LogP contribution < -0.4 is 0 Å². The molecule has 8 rings (SSSR count). The summed E-state index contributed by atoms with van der Waals surface area (Å²) in [5.41, 5.74) is 9.08. The zero-order valence-corrected chi connectivity index (χ0v) is 24.9. The molecule has 0 N–H and O–H groups in total. The van der Waals surface area contributed by atoms with Gasteiger partial charge in [0.05, 0.1) is 0 Å². The molecule has 0 saturated heterocycles. The highest BCUT2D eigenvalue weighted by Gasteiger charge is 2.16. The number of nitrogens with zero attached hydrogens (tertiary/aromatic N) is 3. The average Bonchev–Trinajstić information content (AvgIpc) is 3.41. The number of hydrogen-bond acceptors (Lipinski definition) is 4. The SMILES string of the molecule is Cc1ccccc1-c1cc(-c2nc(-c3ccc4ccccc4c3)nc(-c3ccc4oc5cc(Cl)ccc5c4c3)n2)ccc1C. The van der Waals surface area contributed by atoms with E-state index in [0.29, 0.717) is 22.5 Å². The van der Waals surface area contributed by atoms with Crippen LogP contribution in [0.15, 0.2) is 126 Å². The summed E-state index contributed by atoms with van der Waals surface area (Å²) in [6.45, 7) is 4.28. The first-order valence-electron chi connectivity index (χ1n) is 14.5. The Kier molecular flexibility index (Phi) is 6.25. The lowest BCUT2D eigenvalue weighted by atomic mass is 9.94. The third kappa shape index (κ3) is 4.61. The molecule has 44 heavy (non-hydrogen) atoms. The predicted molar refractivity (Wildman–Crippen MR) is 181 cm³/mol. The highest BCUT2D eigenvalue weighted by atomic mass is 35.5. The van der Waals surface area contributed by atoms with Crippen LogP contribution in [0.5, 0.6) is 0 Å². The average molecular weight is 588 g/mol. The molecule has 0 fully saturated rings. The van der Waals surface area contributed by atoms with Crippen molar-refractivity contribution in [2.75, 3.05) is 0 Å². The van der Waals surface area contributed by atoms with Gasteiger partial charge in [-0.25, -0.2) is 15.0 Å². The predicted octanol–water partition coefficient (Wildman–Crippen LogP) is 10.9. The Morgan fingerprint density at radius 2 is 1.11 bits per heavy atom. The first kappa shape index (κ1) is 26.3. The third-order valence-corrected chi connectivity index (χ3v) is 8.50. The summed E-state index contributed by atoms with van der Waals surface area (Å²) in [6, 6.07) is 41.3. The highest BCUT2D eigenvalue weighted by Crippen LogP contribution is 2.35. The summed E-state index contributed by atoms with van der Waals surface area (Å²) in [4.78, 5) is 15.1. The van der Waals surface area contributed by atoms with Gasteiger partial charge in [-0.1, -0.05) is 84.4 Å². The molecule has 0 spiro atoms. The minimum atomic E-state index is 0.599. The second-order valence-electron chi connectivity index (χ2n) is 11.2. The fraction of sp³-hybridized carbons (Fsp3) is 0.0513. The van der Waals surface area contributed by atoms with Crippen molar-refractivity contribution in [1.29, 1.82) is 0 Å². The van der Waals surface area contributed by atoms with Crippen molar-refractivity contribution < 1.29 is 4.42 Å². The Balaban J connectivity index is 1.34. The van der Waals surface area contributed by atoms with E-state index < -0.39 is 0 Å². The van der Waals surface area contributed by atoms with E-state index in [-0.39, 0.29) is 0 Å². The van der Waals surface area contributed by atoms with Crippen LogP contribution in [0.1, 0.15) is 11.1 Å². The molecular weight excluding hydrogens is 562 g/mol. The Labute approximate surface area is 259 Å². The molecule has 0 saturated carbocycles. The van der Waals surface area contributed by atoms with Crippen molar-refractivity contribution in [3.8, 4) is 45.3 Å². The van der Waals surface area contributed by atoms with Gasteiger partial charge in [-0.05, 0) is 89.3 Å². The van der Waals surface area contributed by atoms with Crippen molar-refractivity contribution in [2.24, 2.45) is 0 Å². The highest BCUT2D eigenvalue weighted by molar-refractivity contribution is 6.31. The topological polar surface area (TPSA) is 51.8 Å². The summed E-state index contributed by atoms with van der Waals surface area (Å²) >= 11 is 6.24. The lowest BCUT2D eigenvalue weighted by molar-refractivity contribution is 0.669. The summed E-state index contributed by atoms with van der Waals surface area (Å²) in [5, 5.41) is 4.93. The van der Waals surface area contributed by atoms with Gasteiger partial charge in [0.2, 0.25) is 0 Å². The summed E-state index contributed by atoms with van der Waals surface area (Å²) in [5.74, 6) is 1.84. The minimum absolute atomic E-state index is 0.599. The Hall–Kier alpha value is -5.32. The standard InChI is InChI=1S/C39H26ClN3O/c1-23-7-3-6-10-31(23)33-20-28(12-11-24(33)2)38-41-37(27-14-13-25-8-4-5-9-26(25)19-27)42-39(43-38)29-15-18-35-34(21-29)32-17-16-30(40)22-36(32)44-35/h3-22H,1-2H3. The third-order valence-electron chi connectivity index (χ3n) is 8.27. The largest absolute Gasteiger partial charge is 0.456 e. The first-order valence-corrected chi connectivity index (χ1v) is 14.9. The zero-order valence-electron chi connectivity index (χ0n) is 24.2. The van der Waals surface area contributed by atoms with Gasteiger partial charge < -0.3 is 4.42 Å². The maximum atomic E-state index is 6.24. The van der Waals surface area contributed by atoms with E-state index in [9.17, 15) is 0 Å². The molecule has 0 aliphatic heterocycles. The molecule has 4 nitrogen and oxygen atoms in total. The van der Waals surface area contributed by atoms with Crippen LogP contribution in [0.4, 0.5) is 0 Å². The van der Waals surface area contributed by atoms with Crippen molar-refractivity contribution in [3.63, 3.8) is 0 Å². The van der Waals surface area contributed by atoms with Crippen LogP contribution in [0.3, 0.4) is 0 Å². The minimum Gasteiger partial charge on any atom is -0.456 e. The fourth-order valence-electron chi connectivity index (χ4n) is 5.91. The van der Waals surface area contributed by atoms with E-state index in [1.807, 2.05) is 42.5 Å². The van der Waals surface area contributed by atoms with Gasteiger partial charge in [0.25, 0.3) is 0 Å². The van der Waals surface area contributed by atoms with Gasteiger partial charge in [-0.2, -0.15) is 0 Å². The Bertz CT molecular complexity index is 2390. The van der Waals surface area contributed by atoms with Crippen molar-refractivity contribution in [1.82, 2.24) is 15.0 Å². The second kappa shape index (κ2) is 10.4. The molecule has 0 radical (unpaired) electrons. The maximum Gasteiger partial charge on any atom is 0.164 e. The maximum absolute atomic E-state index is 6.24. The van der Waals surface area contributed by atoms with Gasteiger partial charge in [0, 0.05) is 38.6 Å². The second-order valence-corrected chi connectivity index (χ2v) is 11.6. The van der Waals surface area contributed by atoms with Crippen molar-refractivity contribution in [2.45, 2.75) is 13.8 Å². The van der Waals surface area contributed by atoms with E-state index in [1.54, 1.807) is 0 Å². The Morgan fingerprint density at radius 3 is 1.91 bits per heavy atom. The first-order chi connectivity index (χ1) is 21.5. The van der Waals surface area contributed by atoms with Crippen LogP contribution in [0.2, 0.25) is 5.02 Å². The number of aromatic nitrogens is 3. The van der Waals surface area contributed by atoms with E-state index in [0.717, 1.165) is 44.0 Å². The number of aryl methyl sites for hydroxylation is 2. The van der Waals surface area contributed by atoms with Crippen LogP contribution in [-0.2, 0) is 0 Å². The molecule has 0 atom stereocenters. The number of halogens is 1. The molecule has 0 unspecified atom stereocenters. The normalized spacial score (nSPS) is 11.5. The lowest BCUT2D eigenvalue weighted by Gasteiger charge is -2.13. The number of rotatable bonds is 4. The Morgan fingerprint density at radius 1 is 0.477 bits per heavy atom. The number of hydrogen-bond donors (Lipinski definition) is 0.